The first-order chi connectivity index (χ1) is 15.6. The molecule has 33 heavy (non-hydrogen) atoms. The quantitative estimate of drug-likeness (QED) is 0.485. The normalized spacial score (nSPS) is 26.5. The van der Waals surface area contributed by atoms with Crippen LogP contribution in [0.15, 0.2) is 42.5 Å². The fourth-order valence-corrected chi connectivity index (χ4v) is 5.11. The van der Waals surface area contributed by atoms with E-state index in [0.29, 0.717) is 22.3 Å². The van der Waals surface area contributed by atoms with Crippen LogP contribution in [0.2, 0.25) is 0 Å². The summed E-state index contributed by atoms with van der Waals surface area (Å²) in [5, 5.41) is 32.6. The van der Waals surface area contributed by atoms with Gasteiger partial charge in [0.25, 0.3) is 0 Å². The van der Waals surface area contributed by atoms with E-state index in [1.54, 1.807) is 56.3 Å². The molecule has 0 spiro atoms. The Labute approximate surface area is 189 Å². The second-order valence-corrected chi connectivity index (χ2v) is 8.72. The van der Waals surface area contributed by atoms with Crippen LogP contribution in [0.3, 0.4) is 0 Å². The van der Waals surface area contributed by atoms with Crippen molar-refractivity contribution in [2.75, 3.05) is 0 Å². The SMILES string of the molecule is Cc1cc(C2NC(CC(=O)O)(C(=O)O)C3C(=O)N(Cc4ccccc4)C(=O)C23)cc(C)c1O. The standard InChI is InChI=1S/C24H24N2O7/c1-12-8-15(9-13(2)20(12)29)19-17-18(24(25-19,23(32)33)10-16(27)28)22(31)26(21(17)30)11-14-6-4-3-5-7-14/h3-9,17-19,25,29H,10-11H2,1-2H3,(H,27,28)(H,32,33). The molecular weight excluding hydrogens is 428 g/mol. The summed E-state index contributed by atoms with van der Waals surface area (Å²) in [6, 6.07) is 11.1. The number of carboxylic acids is 2. The van der Waals surface area contributed by atoms with Gasteiger partial charge in [0.2, 0.25) is 11.8 Å². The van der Waals surface area contributed by atoms with Gasteiger partial charge in [-0.3, -0.25) is 29.4 Å². The van der Waals surface area contributed by atoms with Gasteiger partial charge in [-0.15, -0.1) is 0 Å². The number of aryl methyl sites for hydroxylation is 2. The molecule has 0 saturated carbocycles. The molecule has 2 aliphatic heterocycles. The Morgan fingerprint density at radius 1 is 1.03 bits per heavy atom. The molecule has 2 saturated heterocycles. The largest absolute Gasteiger partial charge is 0.507 e. The Kier molecular flexibility index (Phi) is 5.45. The molecule has 2 heterocycles. The Hall–Kier alpha value is -3.72. The van der Waals surface area contributed by atoms with Gasteiger partial charge in [-0.25, -0.2) is 0 Å². The highest BCUT2D eigenvalue weighted by molar-refractivity contribution is 6.10. The third-order valence-electron chi connectivity index (χ3n) is 6.61. The minimum absolute atomic E-state index is 0.0331. The highest BCUT2D eigenvalue weighted by Gasteiger charge is 2.69. The molecule has 9 heteroatoms. The summed E-state index contributed by atoms with van der Waals surface area (Å²) in [4.78, 5) is 52.1. The second-order valence-electron chi connectivity index (χ2n) is 8.72. The van der Waals surface area contributed by atoms with Gasteiger partial charge >= 0.3 is 11.9 Å². The molecule has 2 fully saturated rings. The molecule has 0 aliphatic carbocycles. The van der Waals surface area contributed by atoms with E-state index in [2.05, 4.69) is 5.32 Å². The zero-order valence-electron chi connectivity index (χ0n) is 18.1. The zero-order chi connectivity index (χ0) is 24.1. The van der Waals surface area contributed by atoms with E-state index in [4.69, 9.17) is 0 Å². The van der Waals surface area contributed by atoms with Crippen molar-refractivity contribution in [1.82, 2.24) is 10.2 Å². The van der Waals surface area contributed by atoms with Crippen molar-refractivity contribution in [2.24, 2.45) is 11.8 Å². The second kappa shape index (κ2) is 8.00. The third kappa shape index (κ3) is 3.54. The molecule has 4 atom stereocenters. The lowest BCUT2D eigenvalue weighted by Gasteiger charge is -2.30. The van der Waals surface area contributed by atoms with E-state index < -0.39 is 53.6 Å². The number of carbonyl (C=O) groups excluding carboxylic acids is 2. The fourth-order valence-electron chi connectivity index (χ4n) is 5.11. The van der Waals surface area contributed by atoms with Crippen molar-refractivity contribution in [1.29, 1.82) is 0 Å². The summed E-state index contributed by atoms with van der Waals surface area (Å²) in [7, 11) is 0. The topological polar surface area (TPSA) is 144 Å². The van der Waals surface area contributed by atoms with Gasteiger partial charge in [0.05, 0.1) is 24.8 Å². The molecule has 4 unspecified atom stereocenters. The number of benzene rings is 2. The number of hydrogen-bond donors (Lipinski definition) is 4. The van der Waals surface area contributed by atoms with Gasteiger partial charge in [0, 0.05) is 6.04 Å². The average Bonchev–Trinajstić information content (AvgIpc) is 3.22. The van der Waals surface area contributed by atoms with E-state index in [9.17, 15) is 34.5 Å². The Morgan fingerprint density at radius 2 is 1.64 bits per heavy atom. The number of nitrogens with one attached hydrogen (secondary N) is 1. The number of carboxylic acid groups (broad SMARTS) is 2. The summed E-state index contributed by atoms with van der Waals surface area (Å²) in [5.74, 6) is -6.57. The number of phenols is 1. The maximum atomic E-state index is 13.5. The number of hydrogen-bond acceptors (Lipinski definition) is 6. The lowest BCUT2D eigenvalue weighted by atomic mass is 9.77. The van der Waals surface area contributed by atoms with Crippen molar-refractivity contribution in [3.8, 4) is 5.75 Å². The van der Waals surface area contributed by atoms with Gasteiger partial charge in [0.1, 0.15) is 11.3 Å². The number of phenolic OH excluding ortho intramolecular Hbond substituents is 1. The summed E-state index contributed by atoms with van der Waals surface area (Å²) >= 11 is 0. The van der Waals surface area contributed by atoms with E-state index in [0.717, 1.165) is 4.90 Å². The van der Waals surface area contributed by atoms with Crippen LogP contribution >= 0.6 is 0 Å². The maximum Gasteiger partial charge on any atom is 0.325 e. The minimum Gasteiger partial charge on any atom is -0.507 e. The number of imide groups is 1. The minimum atomic E-state index is -2.15. The number of likely N-dealkylation sites (tertiary alicyclic amines) is 1. The van der Waals surface area contributed by atoms with Gasteiger partial charge in [-0.1, -0.05) is 42.5 Å². The van der Waals surface area contributed by atoms with E-state index in [1.165, 1.54) is 0 Å². The van der Waals surface area contributed by atoms with Crippen LogP contribution in [0.1, 0.15) is 34.7 Å². The fraction of sp³-hybridized carbons (Fsp3) is 0.333. The molecule has 9 nitrogen and oxygen atoms in total. The number of amides is 2. The smallest absolute Gasteiger partial charge is 0.325 e. The van der Waals surface area contributed by atoms with Gasteiger partial charge in [0.15, 0.2) is 0 Å². The molecule has 4 rings (SSSR count). The van der Waals surface area contributed by atoms with Crippen LogP contribution in [0.4, 0.5) is 0 Å². The zero-order valence-corrected chi connectivity index (χ0v) is 18.1. The molecular formula is C24H24N2O7. The monoisotopic (exact) mass is 452 g/mol. The summed E-state index contributed by atoms with van der Waals surface area (Å²) in [6.45, 7) is 3.31. The molecule has 0 radical (unpaired) electrons. The lowest BCUT2D eigenvalue weighted by molar-refractivity contribution is -0.156. The summed E-state index contributed by atoms with van der Waals surface area (Å²) < 4.78 is 0. The van der Waals surface area contributed by atoms with Crippen LogP contribution in [-0.4, -0.2) is 49.5 Å². The van der Waals surface area contributed by atoms with E-state index in [1.807, 2.05) is 0 Å². The maximum absolute atomic E-state index is 13.5. The number of aliphatic carboxylic acids is 2. The number of carbonyl (C=O) groups is 4. The summed E-state index contributed by atoms with van der Waals surface area (Å²) in [5.41, 5.74) is 0.0896. The van der Waals surface area contributed by atoms with Crippen LogP contribution in [0.5, 0.6) is 5.75 Å². The van der Waals surface area contributed by atoms with Crippen molar-refractivity contribution < 1.29 is 34.5 Å². The van der Waals surface area contributed by atoms with Crippen molar-refractivity contribution in [3.63, 3.8) is 0 Å². The van der Waals surface area contributed by atoms with Gasteiger partial charge in [-0.05, 0) is 36.1 Å². The Balaban J connectivity index is 1.84. The molecule has 2 aromatic rings. The predicted octanol–water partition coefficient (Wildman–Crippen LogP) is 1.75. The predicted molar refractivity (Wildman–Crippen MR) is 115 cm³/mol. The Bertz CT molecular complexity index is 1140. The van der Waals surface area contributed by atoms with Gasteiger partial charge < -0.3 is 15.3 Å². The first-order valence-corrected chi connectivity index (χ1v) is 10.5. The van der Waals surface area contributed by atoms with E-state index in [-0.39, 0.29) is 12.3 Å². The number of fused-ring (bicyclic) bond motifs is 1. The third-order valence-corrected chi connectivity index (χ3v) is 6.61. The molecule has 4 N–H and O–H groups in total. The first kappa shape index (κ1) is 22.5. The molecule has 0 aromatic heterocycles. The van der Waals surface area contributed by atoms with E-state index >= 15 is 0 Å². The average molecular weight is 452 g/mol. The van der Waals surface area contributed by atoms with Gasteiger partial charge in [-0.2, -0.15) is 0 Å². The molecule has 0 bridgehead atoms. The van der Waals surface area contributed by atoms with Crippen LogP contribution in [-0.2, 0) is 25.7 Å². The number of rotatable bonds is 6. The highest BCUT2D eigenvalue weighted by Crippen LogP contribution is 2.51. The number of aromatic hydroxyl groups is 1. The molecule has 2 amide bonds. The molecule has 2 aromatic carbocycles. The number of nitrogens with zero attached hydrogens (tertiary/aromatic N) is 1. The van der Waals surface area contributed by atoms with Crippen molar-refractivity contribution >= 4 is 23.8 Å². The van der Waals surface area contributed by atoms with Crippen LogP contribution in [0, 0.1) is 25.7 Å². The first-order valence-electron chi connectivity index (χ1n) is 10.5. The van der Waals surface area contributed by atoms with Crippen LogP contribution in [0.25, 0.3) is 0 Å². The Morgan fingerprint density at radius 3 is 2.18 bits per heavy atom. The summed E-state index contributed by atoms with van der Waals surface area (Å²) in [6.07, 6.45) is -0.867. The van der Waals surface area contributed by atoms with Crippen LogP contribution < -0.4 is 5.32 Å². The van der Waals surface area contributed by atoms with Crippen molar-refractivity contribution in [2.45, 2.75) is 38.4 Å². The molecule has 172 valence electrons. The lowest BCUT2D eigenvalue weighted by Crippen LogP contribution is -2.56. The van der Waals surface area contributed by atoms with Crippen molar-refractivity contribution in [3.05, 3.63) is 64.7 Å². The highest BCUT2D eigenvalue weighted by atomic mass is 16.4. The molecule has 2 aliphatic rings.